The van der Waals surface area contributed by atoms with E-state index in [1.165, 1.54) is 12.1 Å². The van der Waals surface area contributed by atoms with Crippen LogP contribution in [-0.4, -0.2) is 27.2 Å². The molecule has 0 aliphatic heterocycles. The van der Waals surface area contributed by atoms with Crippen molar-refractivity contribution in [2.45, 2.75) is 44.8 Å². The van der Waals surface area contributed by atoms with Gasteiger partial charge in [-0.25, -0.2) is 9.67 Å². The maximum Gasteiger partial charge on any atom is 0.416 e. The van der Waals surface area contributed by atoms with Crippen LogP contribution in [0.2, 0.25) is 0 Å². The largest absolute Gasteiger partial charge is 0.416 e. The van der Waals surface area contributed by atoms with Crippen LogP contribution >= 0.6 is 0 Å². The molecule has 1 saturated carbocycles. The van der Waals surface area contributed by atoms with E-state index in [1.54, 1.807) is 10.9 Å². The predicted octanol–water partition coefficient (Wildman–Crippen LogP) is 4.69. The van der Waals surface area contributed by atoms with E-state index in [0.29, 0.717) is 22.5 Å². The summed E-state index contributed by atoms with van der Waals surface area (Å²) in [6, 6.07) is 6.71. The summed E-state index contributed by atoms with van der Waals surface area (Å²) in [7, 11) is 0. The predicted molar refractivity (Wildman–Crippen MR) is 111 cm³/mol. The average molecular weight is 426 g/mol. The molecule has 1 fully saturated rings. The highest BCUT2D eigenvalue weighted by atomic mass is 19.4. The van der Waals surface area contributed by atoms with Gasteiger partial charge in [-0.15, -0.1) is 0 Å². The minimum Gasteiger partial charge on any atom is -0.341 e. The highest BCUT2D eigenvalue weighted by Crippen LogP contribution is 2.40. The number of alkyl halides is 3. The average Bonchev–Trinajstić information content (AvgIpc) is 3.48. The van der Waals surface area contributed by atoms with Gasteiger partial charge < -0.3 is 5.32 Å². The van der Waals surface area contributed by atoms with Crippen LogP contribution in [0.15, 0.2) is 36.5 Å². The molecule has 160 valence electrons. The molecule has 1 N–H and O–H groups in total. The van der Waals surface area contributed by atoms with Gasteiger partial charge in [0.15, 0.2) is 5.65 Å². The lowest BCUT2D eigenvalue weighted by atomic mass is 10.1. The molecule has 5 nitrogen and oxygen atoms in total. The summed E-state index contributed by atoms with van der Waals surface area (Å²) in [6.07, 6.45) is -0.670. The monoisotopic (exact) mass is 426 g/mol. The second-order valence-electron chi connectivity index (χ2n) is 7.85. The van der Waals surface area contributed by atoms with Crippen LogP contribution in [0.4, 0.5) is 13.2 Å². The summed E-state index contributed by atoms with van der Waals surface area (Å²) in [6.45, 7) is 4.01. The van der Waals surface area contributed by atoms with Gasteiger partial charge in [-0.3, -0.25) is 4.79 Å². The van der Waals surface area contributed by atoms with Crippen LogP contribution in [0.3, 0.4) is 0 Å². The highest BCUT2D eigenvalue weighted by Gasteiger charge is 2.30. The fraction of sp³-hybridized carbons (Fsp3) is 0.348. The lowest BCUT2D eigenvalue weighted by Crippen LogP contribution is -2.24. The van der Waals surface area contributed by atoms with Crippen molar-refractivity contribution in [2.75, 3.05) is 6.54 Å². The third-order valence-corrected chi connectivity index (χ3v) is 5.08. The molecule has 0 spiro atoms. The minimum absolute atomic E-state index is 0.00990. The number of nitrogens with zero attached hydrogens (tertiary/aromatic N) is 3. The van der Waals surface area contributed by atoms with Gasteiger partial charge in [-0.2, -0.15) is 18.3 Å². The molecule has 8 heteroatoms. The van der Waals surface area contributed by atoms with Gasteiger partial charge in [0.05, 0.1) is 29.3 Å². The lowest BCUT2D eigenvalue weighted by molar-refractivity contribution is -0.137. The summed E-state index contributed by atoms with van der Waals surface area (Å²) in [5, 5.41) is 7.78. The number of hydrogen-bond donors (Lipinski definition) is 1. The van der Waals surface area contributed by atoms with Crippen molar-refractivity contribution >= 4 is 16.9 Å². The topological polar surface area (TPSA) is 59.8 Å². The fourth-order valence-corrected chi connectivity index (χ4v) is 3.33. The smallest absolute Gasteiger partial charge is 0.341 e. The molecule has 0 unspecified atom stereocenters. The van der Waals surface area contributed by atoms with Gasteiger partial charge >= 0.3 is 6.18 Å². The maximum absolute atomic E-state index is 12.8. The molecule has 0 radical (unpaired) electrons. The molecular weight excluding hydrogens is 405 g/mol. The maximum atomic E-state index is 12.8. The highest BCUT2D eigenvalue weighted by molar-refractivity contribution is 6.05. The fourth-order valence-electron chi connectivity index (χ4n) is 3.33. The Balaban J connectivity index is 1.53. The van der Waals surface area contributed by atoms with Gasteiger partial charge in [0.1, 0.15) is 0 Å². The summed E-state index contributed by atoms with van der Waals surface area (Å²) in [5.41, 5.74) is 1.54. The molecule has 1 amide bonds. The third-order valence-electron chi connectivity index (χ3n) is 5.08. The van der Waals surface area contributed by atoms with E-state index in [-0.39, 0.29) is 24.1 Å². The van der Waals surface area contributed by atoms with Crippen LogP contribution in [0.1, 0.15) is 65.8 Å². The van der Waals surface area contributed by atoms with Gasteiger partial charge in [-0.1, -0.05) is 17.9 Å². The quantitative estimate of drug-likeness (QED) is 0.616. The Labute approximate surface area is 177 Å². The molecule has 3 aromatic rings. The number of nitrogens with one attached hydrogen (secondary N) is 1. The van der Waals surface area contributed by atoms with Crippen LogP contribution in [-0.2, 0) is 6.18 Å². The first-order valence-corrected chi connectivity index (χ1v) is 10.1. The zero-order valence-corrected chi connectivity index (χ0v) is 17.1. The van der Waals surface area contributed by atoms with E-state index in [1.807, 2.05) is 19.9 Å². The first-order valence-electron chi connectivity index (χ1n) is 10.1. The van der Waals surface area contributed by atoms with Crippen molar-refractivity contribution in [3.8, 4) is 11.8 Å². The number of aromatic nitrogens is 3. The number of rotatable bonds is 4. The van der Waals surface area contributed by atoms with Crippen LogP contribution in [0, 0.1) is 11.8 Å². The number of halogens is 3. The van der Waals surface area contributed by atoms with E-state index in [2.05, 4.69) is 22.3 Å². The Hall–Kier alpha value is -3.34. The molecular formula is C23H21F3N4O. The minimum atomic E-state index is -4.42. The second-order valence-corrected chi connectivity index (χ2v) is 7.85. The van der Waals surface area contributed by atoms with E-state index < -0.39 is 11.7 Å². The molecule has 0 bridgehead atoms. The van der Waals surface area contributed by atoms with E-state index >= 15 is 0 Å². The van der Waals surface area contributed by atoms with Crippen LogP contribution in [0.25, 0.3) is 11.0 Å². The van der Waals surface area contributed by atoms with E-state index in [0.717, 1.165) is 30.7 Å². The standard InChI is InChI=1S/C23H21F3N4O/c1-14(2)30-21-19(13-28-30)18(12-20(29-21)16-8-9-16)22(31)27-10-4-6-15-5-3-7-17(11-15)23(24,25)26/h3,5,7,11-14,16H,8-10H2,1-2H3,(H,27,31). The zero-order valence-electron chi connectivity index (χ0n) is 17.1. The van der Waals surface area contributed by atoms with Crippen molar-refractivity contribution in [1.82, 2.24) is 20.1 Å². The zero-order chi connectivity index (χ0) is 22.2. The Morgan fingerprint density at radius 2 is 2.06 bits per heavy atom. The SMILES string of the molecule is CC(C)n1ncc2c(C(=O)NCC#Cc3cccc(C(F)(F)F)c3)cc(C3CC3)nc21. The summed E-state index contributed by atoms with van der Waals surface area (Å²) >= 11 is 0. The number of carbonyl (C=O) groups excluding carboxylic acids is 1. The van der Waals surface area contributed by atoms with Crippen molar-refractivity contribution in [1.29, 1.82) is 0 Å². The van der Waals surface area contributed by atoms with Crippen molar-refractivity contribution < 1.29 is 18.0 Å². The van der Waals surface area contributed by atoms with Gasteiger partial charge in [-0.05, 0) is 51.0 Å². The second kappa shape index (κ2) is 8.06. The Bertz CT molecular complexity index is 1200. The number of pyridine rings is 1. The molecule has 0 atom stereocenters. The van der Waals surface area contributed by atoms with Gasteiger partial charge in [0.25, 0.3) is 5.91 Å². The number of benzene rings is 1. The Morgan fingerprint density at radius 1 is 1.29 bits per heavy atom. The molecule has 4 rings (SSSR count). The van der Waals surface area contributed by atoms with Gasteiger partial charge in [0.2, 0.25) is 0 Å². The summed E-state index contributed by atoms with van der Waals surface area (Å²) in [4.78, 5) is 17.6. The van der Waals surface area contributed by atoms with Crippen molar-refractivity contribution in [2.24, 2.45) is 0 Å². The molecule has 31 heavy (non-hydrogen) atoms. The molecule has 2 heterocycles. The molecule has 1 aliphatic carbocycles. The number of fused-ring (bicyclic) bond motifs is 1. The summed E-state index contributed by atoms with van der Waals surface area (Å²) in [5.74, 6) is 5.44. The van der Waals surface area contributed by atoms with E-state index in [9.17, 15) is 18.0 Å². The Kier molecular flexibility index (Phi) is 5.44. The first kappa shape index (κ1) is 20.9. The first-order chi connectivity index (χ1) is 14.7. The third kappa shape index (κ3) is 4.55. The van der Waals surface area contributed by atoms with Gasteiger partial charge in [0, 0.05) is 23.2 Å². The van der Waals surface area contributed by atoms with Crippen molar-refractivity contribution in [3.63, 3.8) is 0 Å². The Morgan fingerprint density at radius 3 is 2.74 bits per heavy atom. The normalized spacial score (nSPS) is 13.9. The number of amides is 1. The molecule has 1 aliphatic rings. The lowest BCUT2D eigenvalue weighted by Gasteiger charge is -2.10. The molecule has 0 saturated heterocycles. The van der Waals surface area contributed by atoms with E-state index in [4.69, 9.17) is 4.98 Å². The number of carbonyl (C=O) groups is 1. The molecule has 1 aromatic carbocycles. The number of hydrogen-bond acceptors (Lipinski definition) is 3. The van der Waals surface area contributed by atoms with Crippen LogP contribution < -0.4 is 5.32 Å². The van der Waals surface area contributed by atoms with Crippen LogP contribution in [0.5, 0.6) is 0 Å². The summed E-state index contributed by atoms with van der Waals surface area (Å²) < 4.78 is 40.2. The van der Waals surface area contributed by atoms with Crippen molar-refractivity contribution in [3.05, 3.63) is 58.9 Å². The molecule has 2 aromatic heterocycles.